The van der Waals surface area contributed by atoms with Crippen molar-refractivity contribution >= 4 is 12.4 Å². The third-order valence-corrected chi connectivity index (χ3v) is 4.38. The second-order valence-electron chi connectivity index (χ2n) is 6.65. The van der Waals surface area contributed by atoms with E-state index >= 15 is 0 Å². The molecule has 2 heterocycles. The fraction of sp³-hybridized carbons (Fsp3) is 0.304. The van der Waals surface area contributed by atoms with E-state index in [9.17, 15) is 0 Å². The predicted octanol–water partition coefficient (Wildman–Crippen LogP) is 5.18. The summed E-state index contributed by atoms with van der Waals surface area (Å²) in [5, 5.41) is 0. The molecule has 0 unspecified atom stereocenters. The maximum absolute atomic E-state index is 4.44. The van der Waals surface area contributed by atoms with Crippen molar-refractivity contribution in [2.24, 2.45) is 9.98 Å². The van der Waals surface area contributed by atoms with Gasteiger partial charge in [-0.3, -0.25) is 9.98 Å². The summed E-state index contributed by atoms with van der Waals surface area (Å²) >= 11 is 0. The average molecular weight is 361 g/mol. The number of aliphatic imine (C=N–C) groups is 2. The fourth-order valence-electron chi connectivity index (χ4n) is 3.10. The summed E-state index contributed by atoms with van der Waals surface area (Å²) in [6.07, 6.45) is 5.96. The Bertz CT molecular complexity index is 816. The van der Waals surface area contributed by atoms with Gasteiger partial charge >= 0.3 is 0 Å². The first kappa shape index (κ1) is 18.9. The van der Waals surface area contributed by atoms with Crippen molar-refractivity contribution in [2.75, 3.05) is 13.1 Å². The van der Waals surface area contributed by atoms with E-state index in [2.05, 4.69) is 88.4 Å². The first-order valence-electron chi connectivity index (χ1n) is 9.74. The van der Waals surface area contributed by atoms with Gasteiger partial charge in [0.25, 0.3) is 0 Å². The summed E-state index contributed by atoms with van der Waals surface area (Å²) < 4.78 is 0. The molecule has 0 amide bonds. The van der Waals surface area contributed by atoms with Gasteiger partial charge < -0.3 is 9.97 Å². The molecule has 1 aromatic carbocycles. The van der Waals surface area contributed by atoms with Crippen molar-refractivity contribution in [1.82, 2.24) is 9.97 Å². The molecule has 0 atom stereocenters. The van der Waals surface area contributed by atoms with Crippen LogP contribution in [0.4, 0.5) is 0 Å². The second-order valence-corrected chi connectivity index (χ2v) is 6.65. The molecule has 0 bridgehead atoms. The number of hydrogen-bond donors (Lipinski definition) is 2. The van der Waals surface area contributed by atoms with Crippen LogP contribution in [-0.2, 0) is 0 Å². The number of aromatic amines is 2. The summed E-state index contributed by atoms with van der Waals surface area (Å²) in [5.74, 6) is 0.118. The molecule has 0 saturated heterocycles. The third kappa shape index (κ3) is 5.07. The summed E-state index contributed by atoms with van der Waals surface area (Å²) in [4.78, 5) is 15.9. The number of hydrogen-bond acceptors (Lipinski definition) is 2. The predicted molar refractivity (Wildman–Crippen MR) is 114 cm³/mol. The highest BCUT2D eigenvalue weighted by atomic mass is 14.8. The van der Waals surface area contributed by atoms with E-state index in [0.29, 0.717) is 0 Å². The van der Waals surface area contributed by atoms with Gasteiger partial charge in [-0.1, -0.05) is 44.2 Å². The maximum atomic E-state index is 4.44. The van der Waals surface area contributed by atoms with Crippen LogP contribution in [0.25, 0.3) is 0 Å². The van der Waals surface area contributed by atoms with E-state index in [4.69, 9.17) is 0 Å². The van der Waals surface area contributed by atoms with Crippen LogP contribution in [0.5, 0.6) is 0 Å². The smallest absolute Gasteiger partial charge is 0.0641 e. The van der Waals surface area contributed by atoms with Gasteiger partial charge in [-0.15, -0.1) is 0 Å². The normalized spacial score (nSPS) is 12.0. The second kappa shape index (κ2) is 9.72. The third-order valence-electron chi connectivity index (χ3n) is 4.38. The van der Waals surface area contributed by atoms with Crippen LogP contribution in [0.2, 0.25) is 0 Å². The van der Waals surface area contributed by atoms with Crippen LogP contribution in [-0.4, -0.2) is 35.5 Å². The van der Waals surface area contributed by atoms with Crippen molar-refractivity contribution in [1.29, 1.82) is 0 Å². The zero-order valence-corrected chi connectivity index (χ0v) is 16.2. The van der Waals surface area contributed by atoms with E-state index in [-0.39, 0.29) is 5.92 Å². The van der Waals surface area contributed by atoms with Crippen molar-refractivity contribution in [2.45, 2.75) is 32.6 Å². The van der Waals surface area contributed by atoms with Gasteiger partial charge in [0, 0.05) is 36.9 Å². The van der Waals surface area contributed by atoms with E-state index < -0.39 is 0 Å². The van der Waals surface area contributed by atoms with Gasteiger partial charge in [-0.2, -0.15) is 0 Å². The molecule has 0 aliphatic rings. The van der Waals surface area contributed by atoms with Crippen LogP contribution >= 0.6 is 0 Å². The number of benzene rings is 1. The van der Waals surface area contributed by atoms with Crippen LogP contribution < -0.4 is 0 Å². The van der Waals surface area contributed by atoms with Crippen LogP contribution in [0.3, 0.4) is 0 Å². The molecule has 0 spiro atoms. The summed E-state index contributed by atoms with van der Waals surface area (Å²) in [5.41, 5.74) is 5.62. The lowest BCUT2D eigenvalue weighted by Gasteiger charge is -2.15. The minimum Gasteiger partial charge on any atom is -0.357 e. The van der Waals surface area contributed by atoms with Gasteiger partial charge in [0.15, 0.2) is 0 Å². The molecule has 0 saturated carbocycles. The van der Waals surface area contributed by atoms with Gasteiger partial charge in [-0.25, -0.2) is 0 Å². The highest BCUT2D eigenvalue weighted by Gasteiger charge is 2.19. The number of rotatable bonds is 9. The van der Waals surface area contributed by atoms with E-state index in [0.717, 1.165) is 48.7 Å². The lowest BCUT2D eigenvalue weighted by Crippen LogP contribution is -2.05. The molecule has 0 aliphatic carbocycles. The Kier molecular flexibility index (Phi) is 6.80. The number of nitrogens with one attached hydrogen (secondary N) is 2. The lowest BCUT2D eigenvalue weighted by molar-refractivity contribution is 0.894. The summed E-state index contributed by atoms with van der Waals surface area (Å²) in [6.45, 7) is 5.98. The molecule has 3 aromatic rings. The Hall–Kier alpha value is -2.88. The standard InChI is InChI=1S/C23H28N4/c1-3-14-24-16-19-10-12-21(26-19)23(18-8-6-5-7-9-18)22-13-11-20(27-22)17-25-15-4-2/h5-13,16-17,23,26-27H,3-4,14-15H2,1-2H3/b24-16+,25-17+. The molecule has 0 fully saturated rings. The Labute approximate surface area is 161 Å². The minimum absolute atomic E-state index is 0.118. The zero-order chi connectivity index (χ0) is 18.9. The molecule has 0 radical (unpaired) electrons. The molecular weight excluding hydrogens is 332 g/mol. The van der Waals surface area contributed by atoms with Crippen molar-refractivity contribution in [3.8, 4) is 0 Å². The van der Waals surface area contributed by atoms with Gasteiger partial charge in [0.1, 0.15) is 0 Å². The number of H-pyrrole nitrogens is 2. The van der Waals surface area contributed by atoms with Crippen molar-refractivity contribution in [3.63, 3.8) is 0 Å². The minimum atomic E-state index is 0.118. The van der Waals surface area contributed by atoms with Crippen LogP contribution in [0.15, 0.2) is 64.6 Å². The topological polar surface area (TPSA) is 56.3 Å². The quantitative estimate of drug-likeness (QED) is 0.494. The van der Waals surface area contributed by atoms with E-state index in [1.165, 1.54) is 5.56 Å². The van der Waals surface area contributed by atoms with Crippen LogP contribution in [0.1, 0.15) is 60.9 Å². The monoisotopic (exact) mass is 360 g/mol. The highest BCUT2D eigenvalue weighted by Crippen LogP contribution is 2.30. The molecule has 4 heteroatoms. The van der Waals surface area contributed by atoms with Crippen molar-refractivity contribution in [3.05, 3.63) is 82.9 Å². The van der Waals surface area contributed by atoms with Crippen LogP contribution in [0, 0.1) is 0 Å². The first-order valence-corrected chi connectivity index (χ1v) is 9.74. The molecule has 0 aliphatic heterocycles. The van der Waals surface area contributed by atoms with Gasteiger partial charge in [0.05, 0.1) is 17.3 Å². The lowest BCUT2D eigenvalue weighted by atomic mass is 9.93. The Morgan fingerprint density at radius 3 is 1.74 bits per heavy atom. The molecular formula is C23H28N4. The van der Waals surface area contributed by atoms with E-state index in [1.54, 1.807) is 0 Å². The Morgan fingerprint density at radius 2 is 1.26 bits per heavy atom. The van der Waals surface area contributed by atoms with Crippen molar-refractivity contribution < 1.29 is 0 Å². The van der Waals surface area contributed by atoms with E-state index in [1.807, 2.05) is 12.4 Å². The summed E-state index contributed by atoms with van der Waals surface area (Å²) in [6, 6.07) is 19.0. The first-order chi connectivity index (χ1) is 13.3. The molecule has 4 nitrogen and oxygen atoms in total. The zero-order valence-electron chi connectivity index (χ0n) is 16.2. The molecule has 2 aromatic heterocycles. The maximum Gasteiger partial charge on any atom is 0.0641 e. The number of nitrogens with zero attached hydrogens (tertiary/aromatic N) is 2. The van der Waals surface area contributed by atoms with Gasteiger partial charge in [-0.05, 0) is 42.7 Å². The van der Waals surface area contributed by atoms with Gasteiger partial charge in [0.2, 0.25) is 0 Å². The molecule has 140 valence electrons. The summed E-state index contributed by atoms with van der Waals surface area (Å²) in [7, 11) is 0. The molecule has 3 rings (SSSR count). The molecule has 2 N–H and O–H groups in total. The largest absolute Gasteiger partial charge is 0.357 e. The highest BCUT2D eigenvalue weighted by molar-refractivity contribution is 5.78. The molecule has 27 heavy (non-hydrogen) atoms. The number of aromatic nitrogens is 2. The Balaban J connectivity index is 1.91. The Morgan fingerprint density at radius 1 is 0.741 bits per heavy atom. The average Bonchev–Trinajstić information content (AvgIpc) is 3.34. The SMILES string of the molecule is CCC/N=C/c1ccc(C(c2ccccc2)c2ccc(/C=N/CCC)[nH]2)[nH]1. The fourth-order valence-corrected chi connectivity index (χ4v) is 3.10.